The first-order valence-corrected chi connectivity index (χ1v) is 9.36. The fourth-order valence-electron chi connectivity index (χ4n) is 2.72. The van der Waals surface area contributed by atoms with Crippen molar-refractivity contribution in [3.05, 3.63) is 57.7 Å². The summed E-state index contributed by atoms with van der Waals surface area (Å²) in [5.74, 6) is 0.418. The van der Waals surface area contributed by atoms with Crippen molar-refractivity contribution in [1.82, 2.24) is 4.57 Å². The molecular weight excluding hydrogens is 348 g/mol. The molecule has 1 amide bonds. The Morgan fingerprint density at radius 2 is 1.81 bits per heavy atom. The molecule has 0 spiro atoms. The van der Waals surface area contributed by atoms with Crippen LogP contribution in [0.5, 0.6) is 5.75 Å². The standard InChI is InChI=1S/C20H22N2O3S/c1-12(2)22-17-10-7-15(11-18(17)26-20(22)24)21-19(23)14(4)25-16-8-5-13(3)6-9-16/h5-12,14H,1-4H3,(H,21,23)/t14-/m1/s1. The van der Waals surface area contributed by atoms with E-state index in [2.05, 4.69) is 5.32 Å². The van der Waals surface area contributed by atoms with Crippen molar-refractivity contribution < 1.29 is 9.53 Å². The Morgan fingerprint density at radius 3 is 2.46 bits per heavy atom. The molecule has 0 unspecified atom stereocenters. The Kier molecular flexibility index (Phi) is 5.13. The first-order valence-electron chi connectivity index (χ1n) is 8.54. The average Bonchev–Trinajstić information content (AvgIpc) is 2.92. The number of nitrogens with one attached hydrogen (secondary N) is 1. The van der Waals surface area contributed by atoms with Crippen molar-refractivity contribution in [1.29, 1.82) is 0 Å². The summed E-state index contributed by atoms with van der Waals surface area (Å²) >= 11 is 1.19. The number of ether oxygens (including phenoxy) is 1. The summed E-state index contributed by atoms with van der Waals surface area (Å²) in [5.41, 5.74) is 2.67. The van der Waals surface area contributed by atoms with Gasteiger partial charge in [-0.05, 0) is 58.0 Å². The van der Waals surface area contributed by atoms with E-state index in [1.54, 1.807) is 11.5 Å². The summed E-state index contributed by atoms with van der Waals surface area (Å²) in [4.78, 5) is 24.5. The van der Waals surface area contributed by atoms with Crippen LogP contribution in [0.4, 0.5) is 5.69 Å². The number of aromatic nitrogens is 1. The Hall–Kier alpha value is -2.60. The molecule has 1 N–H and O–H groups in total. The van der Waals surface area contributed by atoms with Crippen LogP contribution in [0.25, 0.3) is 10.2 Å². The normalized spacial score (nSPS) is 12.3. The molecule has 0 saturated heterocycles. The first-order chi connectivity index (χ1) is 12.3. The number of benzene rings is 2. The van der Waals surface area contributed by atoms with E-state index in [0.717, 1.165) is 15.8 Å². The van der Waals surface area contributed by atoms with Gasteiger partial charge in [0, 0.05) is 11.7 Å². The molecule has 3 rings (SSSR count). The number of fused-ring (bicyclic) bond motifs is 1. The molecule has 0 radical (unpaired) electrons. The quantitative estimate of drug-likeness (QED) is 0.726. The number of anilines is 1. The number of aryl methyl sites for hydroxylation is 1. The van der Waals surface area contributed by atoms with Crippen molar-refractivity contribution in [2.75, 3.05) is 5.32 Å². The Bertz CT molecular complexity index is 986. The molecular formula is C20H22N2O3S. The third-order valence-electron chi connectivity index (χ3n) is 4.10. The zero-order chi connectivity index (χ0) is 18.8. The first kappa shape index (κ1) is 18.2. The maximum Gasteiger partial charge on any atom is 0.308 e. The third-order valence-corrected chi connectivity index (χ3v) is 5.02. The second-order valence-corrected chi connectivity index (χ2v) is 7.57. The van der Waals surface area contributed by atoms with Crippen LogP contribution < -0.4 is 14.9 Å². The fraction of sp³-hybridized carbons (Fsp3) is 0.300. The van der Waals surface area contributed by atoms with Crippen LogP contribution >= 0.6 is 11.3 Å². The van der Waals surface area contributed by atoms with Crippen LogP contribution in [-0.4, -0.2) is 16.6 Å². The predicted molar refractivity (Wildman–Crippen MR) is 106 cm³/mol. The highest BCUT2D eigenvalue weighted by atomic mass is 32.1. The van der Waals surface area contributed by atoms with Crippen molar-refractivity contribution in [3.63, 3.8) is 0 Å². The minimum absolute atomic E-state index is 0.00884. The SMILES string of the molecule is Cc1ccc(O[C@H](C)C(=O)Nc2ccc3c(c2)sc(=O)n3C(C)C)cc1. The minimum atomic E-state index is -0.632. The lowest BCUT2D eigenvalue weighted by Crippen LogP contribution is -2.30. The van der Waals surface area contributed by atoms with Crippen molar-refractivity contribution >= 4 is 33.1 Å². The Morgan fingerprint density at radius 1 is 1.12 bits per heavy atom. The lowest BCUT2D eigenvalue weighted by Gasteiger charge is -2.15. The fourth-order valence-corrected chi connectivity index (χ4v) is 3.77. The lowest BCUT2D eigenvalue weighted by molar-refractivity contribution is -0.122. The number of hydrogen-bond acceptors (Lipinski definition) is 4. The van der Waals surface area contributed by atoms with Gasteiger partial charge in [0.25, 0.3) is 5.91 Å². The van der Waals surface area contributed by atoms with Gasteiger partial charge in [-0.1, -0.05) is 29.0 Å². The molecule has 0 aliphatic heterocycles. The smallest absolute Gasteiger partial charge is 0.308 e. The van der Waals surface area contributed by atoms with E-state index in [1.165, 1.54) is 11.3 Å². The monoisotopic (exact) mass is 370 g/mol. The topological polar surface area (TPSA) is 60.3 Å². The molecule has 6 heteroatoms. The minimum Gasteiger partial charge on any atom is -0.481 e. The molecule has 5 nitrogen and oxygen atoms in total. The Balaban J connectivity index is 1.74. The molecule has 0 fully saturated rings. The molecule has 136 valence electrons. The van der Waals surface area contributed by atoms with Crippen LogP contribution in [0.1, 0.15) is 32.4 Å². The van der Waals surface area contributed by atoms with Gasteiger partial charge in [-0.3, -0.25) is 14.2 Å². The molecule has 26 heavy (non-hydrogen) atoms. The van der Waals surface area contributed by atoms with Gasteiger partial charge in [0.2, 0.25) is 0 Å². The van der Waals surface area contributed by atoms with E-state index in [9.17, 15) is 9.59 Å². The third kappa shape index (κ3) is 3.80. The van der Waals surface area contributed by atoms with Crippen molar-refractivity contribution in [2.45, 2.75) is 39.8 Å². The molecule has 1 heterocycles. The van der Waals surface area contributed by atoms with E-state index in [4.69, 9.17) is 4.74 Å². The maximum atomic E-state index is 12.4. The summed E-state index contributed by atoms with van der Waals surface area (Å²) in [6.45, 7) is 7.67. The van der Waals surface area contributed by atoms with Crippen LogP contribution in [0.3, 0.4) is 0 Å². The second kappa shape index (κ2) is 7.33. The number of nitrogens with zero attached hydrogens (tertiary/aromatic N) is 1. The van der Waals surface area contributed by atoms with Gasteiger partial charge in [0.15, 0.2) is 6.10 Å². The predicted octanol–water partition coefficient (Wildman–Crippen LogP) is 4.36. The number of rotatable bonds is 5. The average molecular weight is 370 g/mol. The number of hydrogen-bond donors (Lipinski definition) is 1. The molecule has 0 saturated carbocycles. The molecule has 1 atom stereocenters. The highest BCUT2D eigenvalue weighted by molar-refractivity contribution is 7.16. The van der Waals surface area contributed by atoms with E-state index < -0.39 is 6.10 Å². The Labute approximate surface area is 156 Å². The molecule has 3 aromatic rings. The van der Waals surface area contributed by atoms with Crippen LogP contribution in [0.2, 0.25) is 0 Å². The molecule has 0 aliphatic rings. The van der Waals surface area contributed by atoms with E-state index >= 15 is 0 Å². The van der Waals surface area contributed by atoms with Crippen molar-refractivity contribution in [3.8, 4) is 5.75 Å². The van der Waals surface area contributed by atoms with Crippen molar-refractivity contribution in [2.24, 2.45) is 0 Å². The number of thiazole rings is 1. The largest absolute Gasteiger partial charge is 0.481 e. The van der Waals surface area contributed by atoms with Crippen LogP contribution in [0, 0.1) is 6.92 Å². The summed E-state index contributed by atoms with van der Waals surface area (Å²) in [6.07, 6.45) is -0.632. The maximum absolute atomic E-state index is 12.4. The van der Waals surface area contributed by atoms with E-state index in [-0.39, 0.29) is 16.8 Å². The highest BCUT2D eigenvalue weighted by Crippen LogP contribution is 2.24. The molecule has 1 aromatic heterocycles. The van der Waals surface area contributed by atoms with Gasteiger partial charge in [0.1, 0.15) is 5.75 Å². The zero-order valence-electron chi connectivity index (χ0n) is 15.3. The lowest BCUT2D eigenvalue weighted by atomic mass is 10.2. The van der Waals surface area contributed by atoms with E-state index in [0.29, 0.717) is 11.4 Å². The van der Waals surface area contributed by atoms with Gasteiger partial charge in [-0.2, -0.15) is 0 Å². The van der Waals surface area contributed by atoms with Gasteiger partial charge >= 0.3 is 4.87 Å². The number of carbonyl (C=O) groups excluding carboxylic acids is 1. The summed E-state index contributed by atoms with van der Waals surface area (Å²) in [7, 11) is 0. The zero-order valence-corrected chi connectivity index (χ0v) is 16.1. The summed E-state index contributed by atoms with van der Waals surface area (Å²) in [5, 5.41) is 2.85. The molecule has 0 bridgehead atoms. The molecule has 2 aromatic carbocycles. The van der Waals surface area contributed by atoms with Gasteiger partial charge < -0.3 is 10.1 Å². The van der Waals surface area contributed by atoms with Gasteiger partial charge in [0.05, 0.1) is 10.2 Å². The summed E-state index contributed by atoms with van der Waals surface area (Å²) in [6, 6.07) is 13.2. The van der Waals surface area contributed by atoms with Crippen LogP contribution in [0.15, 0.2) is 47.3 Å². The van der Waals surface area contributed by atoms with E-state index in [1.807, 2.05) is 63.2 Å². The number of amides is 1. The second-order valence-electron chi connectivity index (χ2n) is 6.58. The summed E-state index contributed by atoms with van der Waals surface area (Å²) < 4.78 is 8.30. The highest BCUT2D eigenvalue weighted by Gasteiger charge is 2.16. The van der Waals surface area contributed by atoms with Crippen LogP contribution in [-0.2, 0) is 4.79 Å². The van der Waals surface area contributed by atoms with Gasteiger partial charge in [-0.15, -0.1) is 0 Å². The number of carbonyl (C=O) groups is 1. The molecule has 0 aliphatic carbocycles. The van der Waals surface area contributed by atoms with Gasteiger partial charge in [-0.25, -0.2) is 0 Å².